The second-order valence-corrected chi connectivity index (χ2v) is 4.13. The van der Waals surface area contributed by atoms with E-state index in [-0.39, 0.29) is 0 Å². The monoisotopic (exact) mass is 153 g/mol. The molecule has 0 aromatic carbocycles. The second-order valence-electron chi connectivity index (χ2n) is 4.13. The topological polar surface area (TPSA) is 12.0 Å². The average Bonchev–Trinajstić information content (AvgIpc) is 2.12. The minimum Gasteiger partial charge on any atom is -0.317 e. The maximum atomic E-state index is 3.48. The third-order valence-electron chi connectivity index (χ3n) is 3.44. The third-order valence-corrected chi connectivity index (χ3v) is 3.44. The number of hydrogen-bond donors (Lipinski definition) is 1. The molecular weight excluding hydrogens is 134 g/mol. The Labute approximate surface area is 69.6 Å². The van der Waals surface area contributed by atoms with Gasteiger partial charge in [0.1, 0.15) is 0 Å². The molecule has 0 bridgehead atoms. The summed E-state index contributed by atoms with van der Waals surface area (Å²) >= 11 is 0. The van der Waals surface area contributed by atoms with Crippen LogP contribution >= 0.6 is 0 Å². The van der Waals surface area contributed by atoms with E-state index in [1.54, 1.807) is 0 Å². The highest BCUT2D eigenvalue weighted by Gasteiger charge is 2.26. The summed E-state index contributed by atoms with van der Waals surface area (Å²) in [5, 5.41) is 3.48. The summed E-state index contributed by atoms with van der Waals surface area (Å²) in [7, 11) is 0. The highest BCUT2D eigenvalue weighted by Crippen LogP contribution is 2.37. The van der Waals surface area contributed by atoms with Gasteiger partial charge in [0, 0.05) is 0 Å². The Bertz CT molecular complexity index is 110. The molecular formula is C10H19N. The molecule has 2 aliphatic rings. The van der Waals surface area contributed by atoms with Crippen LogP contribution in [0, 0.1) is 11.8 Å². The van der Waals surface area contributed by atoms with Crippen LogP contribution in [0.2, 0.25) is 0 Å². The summed E-state index contributed by atoms with van der Waals surface area (Å²) < 4.78 is 0. The van der Waals surface area contributed by atoms with Crippen molar-refractivity contribution >= 4 is 0 Å². The predicted octanol–water partition coefficient (Wildman–Crippen LogP) is 2.18. The normalized spacial score (nSPS) is 34.4. The molecule has 0 amide bonds. The van der Waals surface area contributed by atoms with Crippen molar-refractivity contribution in [2.75, 3.05) is 13.1 Å². The molecule has 0 aromatic rings. The van der Waals surface area contributed by atoms with Crippen LogP contribution in [0.25, 0.3) is 0 Å². The van der Waals surface area contributed by atoms with Crippen LogP contribution in [0.15, 0.2) is 0 Å². The van der Waals surface area contributed by atoms with Crippen molar-refractivity contribution in [3.8, 4) is 0 Å². The minimum absolute atomic E-state index is 1.08. The summed E-state index contributed by atoms with van der Waals surface area (Å²) in [4.78, 5) is 0. The van der Waals surface area contributed by atoms with Crippen molar-refractivity contribution in [2.45, 2.75) is 38.5 Å². The van der Waals surface area contributed by atoms with Crippen molar-refractivity contribution in [1.82, 2.24) is 5.32 Å². The summed E-state index contributed by atoms with van der Waals surface area (Å²) in [6.45, 7) is 2.55. The third kappa shape index (κ3) is 1.76. The van der Waals surface area contributed by atoms with Crippen LogP contribution in [-0.2, 0) is 0 Å². The first-order valence-electron chi connectivity index (χ1n) is 5.17. The van der Waals surface area contributed by atoms with Gasteiger partial charge >= 0.3 is 0 Å². The van der Waals surface area contributed by atoms with Crippen LogP contribution in [0.4, 0.5) is 0 Å². The Kier molecular flexibility index (Phi) is 2.47. The van der Waals surface area contributed by atoms with Crippen LogP contribution in [0.1, 0.15) is 38.5 Å². The number of nitrogens with one attached hydrogen (secondary N) is 1. The molecule has 0 radical (unpaired) electrons. The first-order chi connectivity index (χ1) is 5.47. The van der Waals surface area contributed by atoms with Gasteiger partial charge in [-0.2, -0.15) is 0 Å². The maximum Gasteiger partial charge on any atom is -0.00462 e. The molecule has 2 fully saturated rings. The zero-order valence-electron chi connectivity index (χ0n) is 7.31. The second kappa shape index (κ2) is 3.57. The Morgan fingerprint density at radius 2 is 1.45 bits per heavy atom. The van der Waals surface area contributed by atoms with Gasteiger partial charge in [0.15, 0.2) is 0 Å². The molecule has 1 saturated carbocycles. The molecule has 1 heterocycles. The van der Waals surface area contributed by atoms with E-state index in [4.69, 9.17) is 0 Å². The fourth-order valence-corrected chi connectivity index (χ4v) is 2.43. The van der Waals surface area contributed by atoms with E-state index in [1.807, 2.05) is 0 Å². The first-order valence-corrected chi connectivity index (χ1v) is 5.17. The van der Waals surface area contributed by atoms with Gasteiger partial charge in [-0.05, 0) is 44.2 Å². The first kappa shape index (κ1) is 7.60. The van der Waals surface area contributed by atoms with Crippen LogP contribution in [0.5, 0.6) is 0 Å². The van der Waals surface area contributed by atoms with E-state index in [0.29, 0.717) is 0 Å². The highest BCUT2D eigenvalue weighted by molar-refractivity contribution is 4.79. The zero-order valence-corrected chi connectivity index (χ0v) is 7.31. The van der Waals surface area contributed by atoms with Gasteiger partial charge in [-0.1, -0.05) is 19.3 Å². The van der Waals surface area contributed by atoms with Crippen molar-refractivity contribution in [3.63, 3.8) is 0 Å². The Balaban J connectivity index is 1.80. The smallest absolute Gasteiger partial charge is 0.00462 e. The molecule has 0 spiro atoms. The van der Waals surface area contributed by atoms with Gasteiger partial charge in [0.05, 0.1) is 0 Å². The number of hydrogen-bond acceptors (Lipinski definition) is 1. The van der Waals surface area contributed by atoms with E-state index in [0.717, 1.165) is 11.8 Å². The van der Waals surface area contributed by atoms with Crippen LogP contribution < -0.4 is 5.32 Å². The lowest BCUT2D eigenvalue weighted by Gasteiger charge is -2.33. The molecule has 1 aliphatic heterocycles. The SMILES string of the molecule is C1CC([C@@H]2CCCNCC2)C1. The minimum atomic E-state index is 1.08. The van der Waals surface area contributed by atoms with Gasteiger partial charge in [-0.25, -0.2) is 0 Å². The molecule has 0 aromatic heterocycles. The summed E-state index contributed by atoms with van der Waals surface area (Å²) in [5.41, 5.74) is 0. The molecule has 1 atom stereocenters. The molecule has 2 rings (SSSR count). The van der Waals surface area contributed by atoms with E-state index < -0.39 is 0 Å². The highest BCUT2D eigenvalue weighted by atomic mass is 14.8. The van der Waals surface area contributed by atoms with Crippen LogP contribution in [0.3, 0.4) is 0 Å². The average molecular weight is 153 g/mol. The molecule has 1 nitrogen and oxygen atoms in total. The molecule has 11 heavy (non-hydrogen) atoms. The summed E-state index contributed by atoms with van der Waals surface area (Å²) in [6.07, 6.45) is 8.94. The maximum absolute atomic E-state index is 3.48. The van der Waals surface area contributed by atoms with Crippen molar-refractivity contribution < 1.29 is 0 Å². The molecule has 1 heteroatoms. The van der Waals surface area contributed by atoms with Gasteiger partial charge in [0.2, 0.25) is 0 Å². The van der Waals surface area contributed by atoms with E-state index in [1.165, 1.54) is 51.6 Å². The fraction of sp³-hybridized carbons (Fsp3) is 1.00. The Morgan fingerprint density at radius 3 is 2.18 bits per heavy atom. The Hall–Kier alpha value is -0.0400. The quantitative estimate of drug-likeness (QED) is 0.609. The molecule has 64 valence electrons. The van der Waals surface area contributed by atoms with Crippen molar-refractivity contribution in [2.24, 2.45) is 11.8 Å². The lowest BCUT2D eigenvalue weighted by Crippen LogP contribution is -2.23. The summed E-state index contributed by atoms with van der Waals surface area (Å²) in [6, 6.07) is 0. The van der Waals surface area contributed by atoms with Gasteiger partial charge < -0.3 is 5.32 Å². The van der Waals surface area contributed by atoms with Gasteiger partial charge in [-0.3, -0.25) is 0 Å². The lowest BCUT2D eigenvalue weighted by molar-refractivity contribution is 0.191. The largest absolute Gasteiger partial charge is 0.317 e. The van der Waals surface area contributed by atoms with Crippen molar-refractivity contribution in [3.05, 3.63) is 0 Å². The lowest BCUT2D eigenvalue weighted by atomic mass is 9.73. The fourth-order valence-electron chi connectivity index (χ4n) is 2.43. The van der Waals surface area contributed by atoms with E-state index in [9.17, 15) is 0 Å². The van der Waals surface area contributed by atoms with Crippen LogP contribution in [-0.4, -0.2) is 13.1 Å². The molecule has 1 N–H and O–H groups in total. The number of rotatable bonds is 1. The zero-order chi connectivity index (χ0) is 7.52. The predicted molar refractivity (Wildman–Crippen MR) is 47.6 cm³/mol. The molecule has 1 saturated heterocycles. The standard InChI is InChI=1S/C10H19N/c1-3-9(4-1)10-5-2-7-11-8-6-10/h9-11H,1-8H2/t10-/m1/s1. The van der Waals surface area contributed by atoms with Gasteiger partial charge in [-0.15, -0.1) is 0 Å². The van der Waals surface area contributed by atoms with E-state index >= 15 is 0 Å². The summed E-state index contributed by atoms with van der Waals surface area (Å²) in [5.74, 6) is 2.20. The van der Waals surface area contributed by atoms with E-state index in [2.05, 4.69) is 5.32 Å². The molecule has 0 unspecified atom stereocenters. The van der Waals surface area contributed by atoms with Crippen molar-refractivity contribution in [1.29, 1.82) is 0 Å². The molecule has 1 aliphatic carbocycles. The van der Waals surface area contributed by atoms with Gasteiger partial charge in [0.25, 0.3) is 0 Å². The Morgan fingerprint density at radius 1 is 0.727 bits per heavy atom.